The highest BCUT2D eigenvalue weighted by Gasteiger charge is 2.77. The Hall–Kier alpha value is -6.10. The van der Waals surface area contributed by atoms with E-state index in [0.717, 1.165) is 27.5 Å². The van der Waals surface area contributed by atoms with Crippen LogP contribution in [0.2, 0.25) is 0 Å². The van der Waals surface area contributed by atoms with Crippen LogP contribution in [0.15, 0.2) is 139 Å². The van der Waals surface area contributed by atoms with Crippen molar-refractivity contribution in [2.75, 3.05) is 9.80 Å². The maximum absolute atomic E-state index is 14.7. The maximum atomic E-state index is 14.7. The van der Waals surface area contributed by atoms with Gasteiger partial charge in [0.15, 0.2) is 15.5 Å². The number of alkyl halides is 2. The molecule has 1 N–H and O–H groups in total. The average Bonchev–Trinajstić information content (AvgIpc) is 3.58. The maximum Gasteiger partial charge on any atom is 0.258 e. The van der Waals surface area contributed by atoms with Gasteiger partial charge in [0.25, 0.3) is 11.8 Å². The quantitative estimate of drug-likeness (QED) is 0.0728. The van der Waals surface area contributed by atoms with Crippen LogP contribution in [0.1, 0.15) is 45.8 Å². The number of carbonyl (C=O) groups is 5. The minimum atomic E-state index is -2.23. The summed E-state index contributed by atoms with van der Waals surface area (Å²) >= 11 is 15.0. The number of imide groups is 2. The largest absolute Gasteiger partial charge is 0.508 e. The highest BCUT2D eigenvalue weighted by atomic mass is 35.5. The van der Waals surface area contributed by atoms with Gasteiger partial charge in [-0.3, -0.25) is 28.9 Å². The van der Waals surface area contributed by atoms with Crippen LogP contribution in [0.4, 0.5) is 15.8 Å². The fourth-order valence-corrected chi connectivity index (χ4v) is 10.0. The summed E-state index contributed by atoms with van der Waals surface area (Å²) in [6.45, 7) is 0.210. The van der Waals surface area contributed by atoms with E-state index in [0.29, 0.717) is 22.4 Å². The number of carbonyl (C=O) groups excluding carboxylic acids is 5. The molecule has 5 aromatic carbocycles. The number of phenolic OH excluding ortho intramolecular Hbond substituents is 1. The van der Waals surface area contributed by atoms with Crippen molar-refractivity contribution in [1.82, 2.24) is 0 Å². The molecule has 2 aliphatic heterocycles. The Balaban J connectivity index is 1.10. The van der Waals surface area contributed by atoms with E-state index in [1.807, 2.05) is 36.4 Å². The van der Waals surface area contributed by atoms with E-state index in [9.17, 15) is 33.5 Å². The van der Waals surface area contributed by atoms with Gasteiger partial charge in [-0.1, -0.05) is 78.4 Å². The summed E-state index contributed by atoms with van der Waals surface area (Å²) in [7, 11) is 0. The number of allylic oxidation sites excluding steroid dienone is 2. The van der Waals surface area contributed by atoms with E-state index >= 15 is 0 Å². The second-order valence-corrected chi connectivity index (χ2v) is 16.2. The van der Waals surface area contributed by atoms with E-state index in [2.05, 4.69) is 0 Å². The second kappa shape index (κ2) is 14.1. The zero-order valence-electron chi connectivity index (χ0n) is 30.6. The van der Waals surface area contributed by atoms with Crippen molar-refractivity contribution in [3.8, 4) is 11.5 Å². The van der Waals surface area contributed by atoms with E-state index in [1.54, 1.807) is 66.7 Å². The molecule has 0 spiro atoms. The fraction of sp³-hybridized carbons (Fsp3) is 0.196. The summed E-state index contributed by atoms with van der Waals surface area (Å²) in [6.07, 6.45) is 1.58. The van der Waals surface area contributed by atoms with Crippen molar-refractivity contribution in [2.45, 2.75) is 35.1 Å². The minimum absolute atomic E-state index is 0.0424. The Morgan fingerprint density at radius 1 is 0.741 bits per heavy atom. The van der Waals surface area contributed by atoms with Crippen LogP contribution < -0.4 is 14.5 Å². The molecule has 4 amide bonds. The molecule has 290 valence electrons. The van der Waals surface area contributed by atoms with Crippen molar-refractivity contribution in [3.63, 3.8) is 0 Å². The van der Waals surface area contributed by atoms with Crippen molar-refractivity contribution in [1.29, 1.82) is 0 Å². The number of aromatic hydroxyl groups is 1. The highest BCUT2D eigenvalue weighted by Crippen LogP contribution is 2.66. The summed E-state index contributed by atoms with van der Waals surface area (Å²) in [6, 6.07) is 33.7. The molecule has 0 radical (unpaired) electrons. The van der Waals surface area contributed by atoms with Gasteiger partial charge in [-0.25, -0.2) is 9.29 Å². The van der Waals surface area contributed by atoms with Gasteiger partial charge in [0.1, 0.15) is 23.9 Å². The Morgan fingerprint density at radius 3 is 2.03 bits per heavy atom. The third-order valence-corrected chi connectivity index (χ3v) is 13.3. The van der Waals surface area contributed by atoms with E-state index < -0.39 is 62.9 Å². The molecular weight excluding hydrogens is 782 g/mol. The highest BCUT2D eigenvalue weighted by molar-refractivity contribution is 6.58. The summed E-state index contributed by atoms with van der Waals surface area (Å²) in [4.78, 5) is 68.7. The van der Waals surface area contributed by atoms with Crippen LogP contribution in [-0.4, -0.2) is 44.3 Å². The van der Waals surface area contributed by atoms with Crippen LogP contribution in [0.5, 0.6) is 11.5 Å². The summed E-state index contributed by atoms with van der Waals surface area (Å²) < 4.78 is 20.0. The first-order chi connectivity index (χ1) is 27.9. The van der Waals surface area contributed by atoms with Gasteiger partial charge in [-0.2, -0.15) is 0 Å². The molecule has 6 atom stereocenters. The third-order valence-electron chi connectivity index (χ3n) is 11.9. The van der Waals surface area contributed by atoms with Crippen LogP contribution in [0.25, 0.3) is 0 Å². The van der Waals surface area contributed by atoms with Gasteiger partial charge in [-0.15, -0.1) is 23.2 Å². The first kappa shape index (κ1) is 37.5. The zero-order valence-corrected chi connectivity index (χ0v) is 32.1. The molecule has 3 fully saturated rings. The van der Waals surface area contributed by atoms with E-state index in [4.69, 9.17) is 27.9 Å². The SMILES string of the molecule is O=C(c1ccccc1)c1ccc(N2C(=O)C3CC=C4C(CC5(Cl)C(=O)N(c6ccc(F)cc6)C(=O)C5(Cl)C4c4ccc(OCc5ccccc5)cc4O)C3C2=O)cc1. The van der Waals surface area contributed by atoms with Crippen molar-refractivity contribution in [3.05, 3.63) is 167 Å². The number of ether oxygens (including phenoxy) is 1. The number of fused-ring (bicyclic) bond motifs is 4. The lowest BCUT2D eigenvalue weighted by Crippen LogP contribution is -2.60. The van der Waals surface area contributed by atoms with Gasteiger partial charge in [0.05, 0.1) is 23.2 Å². The lowest BCUT2D eigenvalue weighted by atomic mass is 9.56. The van der Waals surface area contributed by atoms with Crippen LogP contribution >= 0.6 is 23.2 Å². The zero-order chi connectivity index (χ0) is 40.5. The van der Waals surface area contributed by atoms with E-state index in [-0.39, 0.29) is 47.9 Å². The van der Waals surface area contributed by atoms with Gasteiger partial charge >= 0.3 is 0 Å². The molecule has 9 nitrogen and oxygen atoms in total. The first-order valence-corrected chi connectivity index (χ1v) is 19.5. The van der Waals surface area contributed by atoms with Crippen molar-refractivity contribution >= 4 is 64.0 Å². The predicted molar refractivity (Wildman–Crippen MR) is 214 cm³/mol. The summed E-state index contributed by atoms with van der Waals surface area (Å²) in [5.74, 6) is -7.48. The van der Waals surface area contributed by atoms with Gasteiger partial charge < -0.3 is 9.84 Å². The molecule has 2 heterocycles. The van der Waals surface area contributed by atoms with Gasteiger partial charge in [-0.05, 0) is 78.9 Å². The smallest absolute Gasteiger partial charge is 0.258 e. The molecule has 4 aliphatic rings. The molecule has 0 bridgehead atoms. The normalized spacial score (nSPS) is 26.2. The molecule has 58 heavy (non-hydrogen) atoms. The number of amides is 4. The number of hydrogen-bond acceptors (Lipinski definition) is 7. The Kier molecular flexibility index (Phi) is 9.09. The number of phenols is 1. The Morgan fingerprint density at radius 2 is 1.36 bits per heavy atom. The monoisotopic (exact) mass is 814 g/mol. The molecule has 5 aromatic rings. The van der Waals surface area contributed by atoms with Gasteiger partial charge in [0.2, 0.25) is 11.8 Å². The summed E-state index contributed by atoms with van der Waals surface area (Å²) in [5, 5.41) is 11.7. The van der Waals surface area contributed by atoms with Crippen molar-refractivity contribution in [2.24, 2.45) is 17.8 Å². The lowest BCUT2D eigenvalue weighted by molar-refractivity contribution is -0.125. The molecular formula is C46H33Cl2FN2O7. The number of benzene rings is 5. The fourth-order valence-electron chi connectivity index (χ4n) is 9.12. The summed E-state index contributed by atoms with van der Waals surface area (Å²) in [5.41, 5.74) is 2.72. The average molecular weight is 816 g/mol. The first-order valence-electron chi connectivity index (χ1n) is 18.7. The third kappa shape index (κ3) is 5.68. The number of nitrogens with zero attached hydrogens (tertiary/aromatic N) is 2. The standard InChI is InChI=1S/C46H33Cl2FN2O7/c47-45-24-36-33(21-22-35-38(36)42(55)50(41(35)54)30-15-11-28(12-16-30)40(53)27-9-5-2-6-10-27)39(34-20-19-32(23-37(34)52)58-25-26-7-3-1-4-8-26)46(45,48)44(57)51(43(45)56)31-17-13-29(49)14-18-31/h1-21,23,35-36,38-39,52H,22,24-25H2. The number of anilines is 2. The number of rotatable bonds is 8. The molecule has 6 unspecified atom stereocenters. The van der Waals surface area contributed by atoms with Crippen LogP contribution in [-0.2, 0) is 25.8 Å². The predicted octanol–water partition coefficient (Wildman–Crippen LogP) is 8.11. The van der Waals surface area contributed by atoms with Gasteiger partial charge in [0, 0.05) is 28.7 Å². The number of ketones is 1. The molecule has 12 heteroatoms. The molecule has 2 saturated heterocycles. The van der Waals surface area contributed by atoms with Crippen LogP contribution in [0.3, 0.4) is 0 Å². The molecule has 2 aliphatic carbocycles. The van der Waals surface area contributed by atoms with Crippen molar-refractivity contribution < 1.29 is 38.2 Å². The lowest BCUT2D eigenvalue weighted by Gasteiger charge is -2.50. The Labute approximate surface area is 342 Å². The minimum Gasteiger partial charge on any atom is -0.508 e. The van der Waals surface area contributed by atoms with E-state index in [1.165, 1.54) is 18.2 Å². The number of hydrogen-bond donors (Lipinski definition) is 1. The molecule has 1 saturated carbocycles. The molecule has 0 aromatic heterocycles. The molecule has 9 rings (SSSR count). The topological polar surface area (TPSA) is 121 Å². The number of halogens is 3. The van der Waals surface area contributed by atoms with Crippen LogP contribution in [0, 0.1) is 23.6 Å². The second-order valence-electron chi connectivity index (χ2n) is 15.0. The Bertz CT molecular complexity index is 2550.